The zero-order chi connectivity index (χ0) is 15.3. The number of rotatable bonds is 6. The number of hydrogen-bond donors (Lipinski definition) is 3. The molecule has 2 atom stereocenters. The number of amides is 1. The van der Waals surface area contributed by atoms with Crippen molar-refractivity contribution in [1.82, 2.24) is 10.6 Å². The fourth-order valence-electron chi connectivity index (χ4n) is 2.80. The van der Waals surface area contributed by atoms with Crippen molar-refractivity contribution in [3.63, 3.8) is 0 Å². The Morgan fingerprint density at radius 1 is 1.29 bits per heavy atom. The predicted octanol–water partition coefficient (Wildman–Crippen LogP) is 1.93. The van der Waals surface area contributed by atoms with Crippen molar-refractivity contribution in [1.29, 1.82) is 0 Å². The second-order valence-electron chi connectivity index (χ2n) is 6.21. The van der Waals surface area contributed by atoms with Crippen molar-refractivity contribution < 1.29 is 9.90 Å². The summed E-state index contributed by atoms with van der Waals surface area (Å²) in [5.41, 5.74) is -0.589. The maximum absolute atomic E-state index is 12.2. The Morgan fingerprint density at radius 2 is 2.00 bits per heavy atom. The molecular weight excluding hydrogens is 264 g/mol. The fourth-order valence-corrected chi connectivity index (χ4v) is 2.80. The third-order valence-electron chi connectivity index (χ3n) is 4.34. The summed E-state index contributed by atoms with van der Waals surface area (Å²) < 4.78 is 0. The van der Waals surface area contributed by atoms with E-state index in [2.05, 4.69) is 17.6 Å². The van der Waals surface area contributed by atoms with Crippen LogP contribution in [0.15, 0.2) is 30.3 Å². The van der Waals surface area contributed by atoms with E-state index >= 15 is 0 Å². The lowest BCUT2D eigenvalue weighted by molar-refractivity contribution is -0.146. The van der Waals surface area contributed by atoms with Gasteiger partial charge in [-0.1, -0.05) is 43.7 Å². The van der Waals surface area contributed by atoms with Crippen molar-refractivity contribution in [2.24, 2.45) is 0 Å². The third-order valence-corrected chi connectivity index (χ3v) is 4.34. The number of carbonyl (C=O) groups is 1. The molecule has 0 spiro atoms. The van der Waals surface area contributed by atoms with Crippen molar-refractivity contribution in [2.75, 3.05) is 13.1 Å². The first-order chi connectivity index (χ1) is 10.0. The summed E-state index contributed by atoms with van der Waals surface area (Å²) in [6, 6.07) is 10.0. The number of nitrogens with one attached hydrogen (secondary N) is 2. The molecule has 0 bridgehead atoms. The van der Waals surface area contributed by atoms with Gasteiger partial charge < -0.3 is 15.7 Å². The van der Waals surface area contributed by atoms with Gasteiger partial charge in [-0.2, -0.15) is 0 Å². The summed E-state index contributed by atoms with van der Waals surface area (Å²) in [7, 11) is 0. The molecule has 1 heterocycles. The van der Waals surface area contributed by atoms with Gasteiger partial charge in [0.1, 0.15) is 5.60 Å². The van der Waals surface area contributed by atoms with Crippen molar-refractivity contribution in [3.05, 3.63) is 35.9 Å². The molecule has 21 heavy (non-hydrogen) atoms. The Balaban J connectivity index is 2.18. The lowest BCUT2D eigenvalue weighted by Gasteiger charge is -2.43. The number of aliphatic hydroxyl groups is 1. The molecule has 1 aromatic carbocycles. The van der Waals surface area contributed by atoms with Gasteiger partial charge in [0.05, 0.1) is 5.54 Å². The van der Waals surface area contributed by atoms with Crippen LogP contribution in [0.4, 0.5) is 0 Å². The number of hydrogen-bond acceptors (Lipinski definition) is 3. The van der Waals surface area contributed by atoms with Gasteiger partial charge in [-0.25, -0.2) is 0 Å². The summed E-state index contributed by atoms with van der Waals surface area (Å²) in [6.45, 7) is 5.38. The van der Waals surface area contributed by atoms with Gasteiger partial charge in [0.25, 0.3) is 5.91 Å². The maximum Gasteiger partial charge on any atom is 0.252 e. The zero-order valence-electron chi connectivity index (χ0n) is 13.0. The van der Waals surface area contributed by atoms with Crippen LogP contribution < -0.4 is 10.6 Å². The van der Waals surface area contributed by atoms with Gasteiger partial charge in [-0.15, -0.1) is 0 Å². The molecule has 4 nitrogen and oxygen atoms in total. The highest BCUT2D eigenvalue weighted by Crippen LogP contribution is 2.34. The molecule has 4 heteroatoms. The molecule has 1 aliphatic rings. The Hall–Kier alpha value is -1.39. The minimum absolute atomic E-state index is 0.283. The zero-order valence-corrected chi connectivity index (χ0v) is 13.0. The lowest BCUT2D eigenvalue weighted by atomic mass is 9.77. The van der Waals surface area contributed by atoms with Crippen molar-refractivity contribution in [2.45, 2.75) is 50.7 Å². The highest BCUT2D eigenvalue weighted by atomic mass is 16.3. The van der Waals surface area contributed by atoms with E-state index in [1.807, 2.05) is 30.3 Å². The quantitative estimate of drug-likeness (QED) is 0.702. The monoisotopic (exact) mass is 290 g/mol. The Morgan fingerprint density at radius 3 is 2.62 bits per heavy atom. The molecule has 2 rings (SSSR count). The first kappa shape index (κ1) is 16.0. The molecule has 0 aromatic heterocycles. The van der Waals surface area contributed by atoms with E-state index in [-0.39, 0.29) is 5.91 Å². The van der Waals surface area contributed by atoms with Crippen LogP contribution in [0.2, 0.25) is 0 Å². The van der Waals surface area contributed by atoms with Crippen LogP contribution in [0.1, 0.15) is 45.1 Å². The molecule has 1 aromatic rings. The van der Waals surface area contributed by atoms with E-state index in [9.17, 15) is 9.90 Å². The summed E-state index contributed by atoms with van der Waals surface area (Å²) in [5.74, 6) is -0.283. The Bertz CT molecular complexity index is 473. The van der Waals surface area contributed by atoms with E-state index in [0.29, 0.717) is 13.0 Å². The summed E-state index contributed by atoms with van der Waals surface area (Å²) in [6.07, 6.45) is 3.47. The van der Waals surface area contributed by atoms with Crippen LogP contribution in [0.5, 0.6) is 0 Å². The van der Waals surface area contributed by atoms with Gasteiger partial charge in [0.15, 0.2) is 0 Å². The van der Waals surface area contributed by atoms with Crippen LogP contribution in [-0.2, 0) is 10.3 Å². The van der Waals surface area contributed by atoms with Gasteiger partial charge in [-0.05, 0) is 38.3 Å². The topological polar surface area (TPSA) is 61.4 Å². The summed E-state index contributed by atoms with van der Waals surface area (Å²) in [4.78, 5) is 12.2. The molecule has 0 aliphatic carbocycles. The first-order valence-corrected chi connectivity index (χ1v) is 7.81. The summed E-state index contributed by atoms with van der Waals surface area (Å²) >= 11 is 0. The lowest BCUT2D eigenvalue weighted by Crippen LogP contribution is -2.62. The second kappa shape index (κ2) is 6.58. The minimum atomic E-state index is -1.26. The molecule has 1 saturated heterocycles. The fraction of sp³-hybridized carbons (Fsp3) is 0.588. The Labute approximate surface area is 126 Å². The smallest absolute Gasteiger partial charge is 0.252 e. The maximum atomic E-state index is 12.2. The van der Waals surface area contributed by atoms with Gasteiger partial charge in [0, 0.05) is 6.54 Å². The first-order valence-electron chi connectivity index (χ1n) is 7.81. The molecule has 0 saturated carbocycles. The normalized spacial score (nSPS) is 29.2. The van der Waals surface area contributed by atoms with Crippen LogP contribution in [0.25, 0.3) is 0 Å². The number of unbranched alkanes of at least 4 members (excludes halogenated alkanes) is 1. The van der Waals surface area contributed by atoms with E-state index in [0.717, 1.165) is 31.4 Å². The average molecular weight is 290 g/mol. The highest BCUT2D eigenvalue weighted by molar-refractivity contribution is 5.86. The molecular formula is C17H26N2O2. The standard InChI is InChI=1S/C17H26N2O2/c1-3-4-12-18-13-17(14-8-6-5-7-9-14)11-10-16(2,21)15(20)19-17/h5-9,18,21H,3-4,10-13H2,1-2H3,(H,19,20)/t16-,17-/m1/s1. The molecule has 0 radical (unpaired) electrons. The van der Waals surface area contributed by atoms with E-state index < -0.39 is 11.1 Å². The van der Waals surface area contributed by atoms with Crippen molar-refractivity contribution in [3.8, 4) is 0 Å². The molecule has 0 unspecified atom stereocenters. The number of piperidine rings is 1. The SMILES string of the molecule is CCCCNC[C@@]1(c2ccccc2)CC[C@@](C)(O)C(=O)N1. The third kappa shape index (κ3) is 3.63. The van der Waals surface area contributed by atoms with Crippen LogP contribution in [0.3, 0.4) is 0 Å². The van der Waals surface area contributed by atoms with Gasteiger partial charge in [0.2, 0.25) is 0 Å². The molecule has 1 fully saturated rings. The van der Waals surface area contributed by atoms with Crippen LogP contribution >= 0.6 is 0 Å². The Kier molecular flexibility index (Phi) is 5.01. The van der Waals surface area contributed by atoms with Crippen LogP contribution in [-0.4, -0.2) is 29.7 Å². The van der Waals surface area contributed by atoms with Crippen LogP contribution in [0, 0.1) is 0 Å². The molecule has 3 N–H and O–H groups in total. The predicted molar refractivity (Wildman–Crippen MR) is 83.9 cm³/mol. The van der Waals surface area contributed by atoms with E-state index in [1.165, 1.54) is 0 Å². The van der Waals surface area contributed by atoms with Gasteiger partial charge >= 0.3 is 0 Å². The minimum Gasteiger partial charge on any atom is -0.380 e. The highest BCUT2D eigenvalue weighted by Gasteiger charge is 2.45. The van der Waals surface area contributed by atoms with Crippen molar-refractivity contribution >= 4 is 5.91 Å². The number of carbonyl (C=O) groups excluding carboxylic acids is 1. The number of benzene rings is 1. The molecule has 1 aliphatic heterocycles. The second-order valence-corrected chi connectivity index (χ2v) is 6.21. The van der Waals surface area contributed by atoms with E-state index in [4.69, 9.17) is 0 Å². The van der Waals surface area contributed by atoms with Gasteiger partial charge in [-0.3, -0.25) is 4.79 Å². The van der Waals surface area contributed by atoms with E-state index in [1.54, 1.807) is 6.92 Å². The molecule has 1 amide bonds. The molecule has 116 valence electrons. The average Bonchev–Trinajstić information content (AvgIpc) is 2.49. The summed E-state index contributed by atoms with van der Waals surface area (Å²) in [5, 5.41) is 16.6. The largest absolute Gasteiger partial charge is 0.380 e.